The van der Waals surface area contributed by atoms with Crippen molar-refractivity contribution < 1.29 is 18.7 Å². The van der Waals surface area contributed by atoms with E-state index in [2.05, 4.69) is 5.32 Å². The van der Waals surface area contributed by atoms with E-state index in [1.165, 1.54) is 0 Å². The fourth-order valence-corrected chi connectivity index (χ4v) is 4.00. The third kappa shape index (κ3) is 4.28. The molecule has 0 spiro atoms. The zero-order valence-electron chi connectivity index (χ0n) is 15.9. The molecule has 28 heavy (non-hydrogen) atoms. The van der Waals surface area contributed by atoms with E-state index in [4.69, 9.17) is 9.15 Å². The van der Waals surface area contributed by atoms with E-state index < -0.39 is 0 Å². The fraction of sp³-hybridized carbons (Fsp3) is 0.455. The molecule has 4 rings (SSSR count). The van der Waals surface area contributed by atoms with Crippen LogP contribution >= 0.6 is 0 Å². The Morgan fingerprint density at radius 3 is 2.50 bits per heavy atom. The summed E-state index contributed by atoms with van der Waals surface area (Å²) in [6.07, 6.45) is 4.89. The molecule has 0 saturated carbocycles. The number of hydrogen-bond acceptors (Lipinski definition) is 4. The summed E-state index contributed by atoms with van der Waals surface area (Å²) in [4.78, 5) is 27.4. The van der Waals surface area contributed by atoms with Gasteiger partial charge in [-0.25, -0.2) is 0 Å². The van der Waals surface area contributed by atoms with E-state index >= 15 is 0 Å². The smallest absolute Gasteiger partial charge is 0.229 e. The molecule has 0 aliphatic carbocycles. The van der Waals surface area contributed by atoms with Crippen LogP contribution in [0.3, 0.4) is 0 Å². The number of nitrogens with one attached hydrogen (secondary N) is 1. The molecule has 0 radical (unpaired) electrons. The zero-order valence-corrected chi connectivity index (χ0v) is 15.9. The summed E-state index contributed by atoms with van der Waals surface area (Å²) in [5.41, 5.74) is 1.72. The first kappa shape index (κ1) is 18.7. The minimum Gasteiger partial charge on any atom is -0.464 e. The number of furan rings is 1. The lowest BCUT2D eigenvalue weighted by atomic mass is 9.93. The Morgan fingerprint density at radius 1 is 1.00 bits per heavy atom. The molecule has 2 saturated heterocycles. The lowest BCUT2D eigenvalue weighted by molar-refractivity contribution is -0.141. The monoisotopic (exact) mass is 382 g/mol. The lowest BCUT2D eigenvalue weighted by Crippen LogP contribution is -2.46. The molecule has 1 unspecified atom stereocenters. The second-order valence-electron chi connectivity index (χ2n) is 7.55. The zero-order chi connectivity index (χ0) is 19.3. The molecule has 2 aliphatic heterocycles. The van der Waals surface area contributed by atoms with Crippen molar-refractivity contribution in [1.29, 1.82) is 0 Å². The van der Waals surface area contributed by atoms with Crippen molar-refractivity contribution in [3.05, 3.63) is 42.7 Å². The van der Waals surface area contributed by atoms with Crippen LogP contribution in [0.1, 0.15) is 25.7 Å². The van der Waals surface area contributed by atoms with Gasteiger partial charge >= 0.3 is 0 Å². The molecule has 1 aromatic carbocycles. The van der Waals surface area contributed by atoms with E-state index in [0.717, 1.165) is 49.2 Å². The average molecular weight is 382 g/mol. The van der Waals surface area contributed by atoms with Gasteiger partial charge in [-0.05, 0) is 62.1 Å². The lowest BCUT2D eigenvalue weighted by Gasteiger charge is -2.35. The highest BCUT2D eigenvalue weighted by molar-refractivity contribution is 5.93. The largest absolute Gasteiger partial charge is 0.464 e. The number of piperidine rings is 1. The summed E-state index contributed by atoms with van der Waals surface area (Å²) in [6.45, 7) is 2.56. The molecule has 2 aliphatic rings. The van der Waals surface area contributed by atoms with Gasteiger partial charge in [-0.15, -0.1) is 0 Å². The number of nitrogens with zero attached hydrogens (tertiary/aromatic N) is 1. The first-order valence-corrected chi connectivity index (χ1v) is 10.0. The molecule has 6 heteroatoms. The number of likely N-dealkylation sites (tertiary alicyclic amines) is 1. The minimum atomic E-state index is -0.165. The van der Waals surface area contributed by atoms with Gasteiger partial charge in [0.15, 0.2) is 0 Å². The van der Waals surface area contributed by atoms with Crippen LogP contribution in [0.15, 0.2) is 47.1 Å². The standard InChI is InChI=1S/C22H26N2O4/c25-21(23-19-7-5-16(6-8-19)20-4-2-12-28-20)18-3-1-11-24(15-18)22(26)17-9-13-27-14-10-17/h2,4-8,12,17-18H,1,3,9-11,13-15H2,(H,23,25). The van der Waals surface area contributed by atoms with Crippen molar-refractivity contribution in [2.45, 2.75) is 25.7 Å². The number of ether oxygens (including phenoxy) is 1. The Bertz CT molecular complexity index is 794. The number of anilines is 1. The molecule has 6 nitrogen and oxygen atoms in total. The first-order chi connectivity index (χ1) is 13.7. The maximum Gasteiger partial charge on any atom is 0.229 e. The molecule has 2 amide bonds. The van der Waals surface area contributed by atoms with Crippen LogP contribution in [0, 0.1) is 11.8 Å². The van der Waals surface area contributed by atoms with Crippen molar-refractivity contribution >= 4 is 17.5 Å². The summed E-state index contributed by atoms with van der Waals surface area (Å²) in [5, 5.41) is 3.00. The Kier molecular flexibility index (Phi) is 5.76. The van der Waals surface area contributed by atoms with Gasteiger partial charge in [-0.1, -0.05) is 0 Å². The van der Waals surface area contributed by atoms with Gasteiger partial charge in [0.1, 0.15) is 5.76 Å². The number of carbonyl (C=O) groups excluding carboxylic acids is 2. The van der Waals surface area contributed by atoms with E-state index in [-0.39, 0.29) is 23.7 Å². The maximum absolute atomic E-state index is 12.8. The highest BCUT2D eigenvalue weighted by atomic mass is 16.5. The van der Waals surface area contributed by atoms with Gasteiger partial charge in [0.05, 0.1) is 12.2 Å². The highest BCUT2D eigenvalue weighted by Crippen LogP contribution is 2.25. The van der Waals surface area contributed by atoms with Crippen molar-refractivity contribution in [2.75, 3.05) is 31.6 Å². The van der Waals surface area contributed by atoms with Crippen molar-refractivity contribution in [3.8, 4) is 11.3 Å². The molecule has 3 heterocycles. The van der Waals surface area contributed by atoms with E-state index in [1.54, 1.807) is 6.26 Å². The Morgan fingerprint density at radius 2 is 1.79 bits per heavy atom. The molecule has 2 aromatic rings. The predicted molar refractivity (Wildman–Crippen MR) is 106 cm³/mol. The predicted octanol–water partition coefficient (Wildman–Crippen LogP) is 3.55. The van der Waals surface area contributed by atoms with Crippen LogP contribution in [0.4, 0.5) is 5.69 Å². The van der Waals surface area contributed by atoms with E-state index in [0.29, 0.717) is 19.8 Å². The van der Waals surface area contributed by atoms with Crippen molar-refractivity contribution in [1.82, 2.24) is 4.90 Å². The van der Waals surface area contributed by atoms with Gasteiger partial charge in [-0.2, -0.15) is 0 Å². The third-order valence-corrected chi connectivity index (χ3v) is 5.63. The van der Waals surface area contributed by atoms with Gasteiger partial charge < -0.3 is 19.4 Å². The van der Waals surface area contributed by atoms with Crippen LogP contribution < -0.4 is 5.32 Å². The Labute approximate surface area is 164 Å². The Balaban J connectivity index is 1.34. The normalized spacial score (nSPS) is 20.7. The SMILES string of the molecule is O=C(Nc1ccc(-c2ccco2)cc1)C1CCCN(C(=O)C2CCOCC2)C1. The first-order valence-electron chi connectivity index (χ1n) is 10.0. The molecule has 2 fully saturated rings. The second kappa shape index (κ2) is 8.61. The third-order valence-electron chi connectivity index (χ3n) is 5.63. The van der Waals surface area contributed by atoms with Gasteiger partial charge in [0.25, 0.3) is 0 Å². The number of rotatable bonds is 4. The average Bonchev–Trinajstić information content (AvgIpc) is 3.29. The molecule has 148 valence electrons. The van der Waals surface area contributed by atoms with Gasteiger partial charge in [0.2, 0.25) is 11.8 Å². The van der Waals surface area contributed by atoms with Gasteiger partial charge in [-0.3, -0.25) is 9.59 Å². The molecule has 1 atom stereocenters. The maximum atomic E-state index is 12.8. The second-order valence-corrected chi connectivity index (χ2v) is 7.55. The molecule has 0 bridgehead atoms. The van der Waals surface area contributed by atoms with E-state index in [1.807, 2.05) is 41.3 Å². The number of amides is 2. The van der Waals surface area contributed by atoms with Crippen LogP contribution in [-0.4, -0.2) is 43.0 Å². The topological polar surface area (TPSA) is 71.8 Å². The highest BCUT2D eigenvalue weighted by Gasteiger charge is 2.32. The number of hydrogen-bond donors (Lipinski definition) is 1. The summed E-state index contributed by atoms with van der Waals surface area (Å²) < 4.78 is 10.7. The van der Waals surface area contributed by atoms with Crippen LogP contribution in [-0.2, 0) is 14.3 Å². The van der Waals surface area contributed by atoms with Gasteiger partial charge in [0, 0.05) is 43.5 Å². The molecular weight excluding hydrogens is 356 g/mol. The molecule has 1 N–H and O–H groups in total. The quantitative estimate of drug-likeness (QED) is 0.878. The summed E-state index contributed by atoms with van der Waals surface area (Å²) in [7, 11) is 0. The van der Waals surface area contributed by atoms with Crippen LogP contribution in [0.25, 0.3) is 11.3 Å². The molecule has 1 aromatic heterocycles. The fourth-order valence-electron chi connectivity index (χ4n) is 4.00. The summed E-state index contributed by atoms with van der Waals surface area (Å²) in [5.74, 6) is 0.846. The van der Waals surface area contributed by atoms with E-state index in [9.17, 15) is 9.59 Å². The van der Waals surface area contributed by atoms with Crippen molar-refractivity contribution in [2.24, 2.45) is 11.8 Å². The number of benzene rings is 1. The summed E-state index contributed by atoms with van der Waals surface area (Å²) >= 11 is 0. The molecular formula is C22H26N2O4. The minimum absolute atomic E-state index is 0.0183. The van der Waals surface area contributed by atoms with Crippen molar-refractivity contribution in [3.63, 3.8) is 0 Å². The number of carbonyl (C=O) groups is 2. The van der Waals surface area contributed by atoms with Crippen LogP contribution in [0.2, 0.25) is 0 Å². The van der Waals surface area contributed by atoms with Crippen LogP contribution in [0.5, 0.6) is 0 Å². The summed E-state index contributed by atoms with van der Waals surface area (Å²) in [6, 6.07) is 11.4. The Hall–Kier alpha value is -2.60.